The highest BCUT2D eigenvalue weighted by Crippen LogP contribution is 2.38. The minimum absolute atomic E-state index is 0.00593. The van der Waals surface area contributed by atoms with E-state index in [1.54, 1.807) is 24.3 Å². The number of rotatable bonds is 4. The van der Waals surface area contributed by atoms with Gasteiger partial charge < -0.3 is 10.6 Å². The molecule has 1 fully saturated rings. The Kier molecular flexibility index (Phi) is 4.10. The van der Waals surface area contributed by atoms with Gasteiger partial charge in [0.25, 0.3) is 5.91 Å². The van der Waals surface area contributed by atoms with Crippen LogP contribution in [-0.2, 0) is 4.79 Å². The third kappa shape index (κ3) is 3.74. The van der Waals surface area contributed by atoms with E-state index in [2.05, 4.69) is 10.6 Å². The van der Waals surface area contributed by atoms with E-state index in [0.29, 0.717) is 22.9 Å². The molecule has 23 heavy (non-hydrogen) atoms. The summed E-state index contributed by atoms with van der Waals surface area (Å²) in [6.45, 7) is 2.04. The van der Waals surface area contributed by atoms with Crippen molar-refractivity contribution in [3.63, 3.8) is 0 Å². The van der Waals surface area contributed by atoms with Gasteiger partial charge in [0.1, 0.15) is 5.82 Å². The number of carbonyl (C=O) groups excluding carboxylic acids is 2. The topological polar surface area (TPSA) is 58.2 Å². The zero-order chi connectivity index (χ0) is 16.4. The zero-order valence-corrected chi connectivity index (χ0v) is 12.7. The summed E-state index contributed by atoms with van der Waals surface area (Å²) in [7, 11) is 0. The predicted octanol–water partition coefficient (Wildman–Crippen LogP) is 3.67. The fourth-order valence-corrected chi connectivity index (χ4v) is 2.40. The van der Waals surface area contributed by atoms with Gasteiger partial charge in [0.15, 0.2) is 0 Å². The highest BCUT2D eigenvalue weighted by molar-refractivity contribution is 6.05. The van der Waals surface area contributed by atoms with Crippen LogP contribution in [-0.4, -0.2) is 11.8 Å². The van der Waals surface area contributed by atoms with Gasteiger partial charge in [0.05, 0.1) is 0 Å². The Morgan fingerprint density at radius 3 is 2.39 bits per heavy atom. The average Bonchev–Trinajstić information content (AvgIpc) is 3.27. The third-order valence-corrected chi connectivity index (χ3v) is 3.94. The van der Waals surface area contributed by atoms with Gasteiger partial charge >= 0.3 is 0 Å². The van der Waals surface area contributed by atoms with Crippen molar-refractivity contribution in [1.82, 2.24) is 0 Å². The monoisotopic (exact) mass is 312 g/mol. The summed E-state index contributed by atoms with van der Waals surface area (Å²) in [4.78, 5) is 24.2. The van der Waals surface area contributed by atoms with Crippen LogP contribution in [0.25, 0.3) is 0 Å². The highest BCUT2D eigenvalue weighted by atomic mass is 19.1. The molecule has 0 heterocycles. The molecule has 4 nitrogen and oxygen atoms in total. The number of benzene rings is 2. The van der Waals surface area contributed by atoms with E-state index >= 15 is 0 Å². The van der Waals surface area contributed by atoms with Gasteiger partial charge in [-0.3, -0.25) is 9.59 Å². The molecular formula is C18H17FN2O2. The van der Waals surface area contributed by atoms with Crippen molar-refractivity contribution in [2.24, 2.45) is 11.8 Å². The summed E-state index contributed by atoms with van der Waals surface area (Å²) in [5.74, 6) is -0.172. The Bertz CT molecular complexity index is 743. The summed E-state index contributed by atoms with van der Waals surface area (Å²) in [5, 5.41) is 5.52. The maximum absolute atomic E-state index is 12.9. The number of nitrogens with one attached hydrogen (secondary N) is 2. The SMILES string of the molecule is C[C@@H]1C[C@@H]1C(=O)Nc1cccc(C(=O)Nc2ccc(F)cc2)c1. The molecule has 0 radical (unpaired) electrons. The molecule has 0 unspecified atom stereocenters. The predicted molar refractivity (Wildman–Crippen MR) is 86.7 cm³/mol. The average molecular weight is 312 g/mol. The minimum atomic E-state index is -0.359. The lowest BCUT2D eigenvalue weighted by Crippen LogP contribution is -2.16. The van der Waals surface area contributed by atoms with Gasteiger partial charge in [0.2, 0.25) is 5.91 Å². The smallest absolute Gasteiger partial charge is 0.255 e. The van der Waals surface area contributed by atoms with E-state index in [1.165, 1.54) is 24.3 Å². The van der Waals surface area contributed by atoms with E-state index in [4.69, 9.17) is 0 Å². The fraction of sp³-hybridized carbons (Fsp3) is 0.222. The Hall–Kier alpha value is -2.69. The normalized spacial score (nSPS) is 19.0. The Morgan fingerprint density at radius 2 is 1.74 bits per heavy atom. The molecule has 1 aliphatic carbocycles. The number of carbonyl (C=O) groups is 2. The zero-order valence-electron chi connectivity index (χ0n) is 12.7. The first-order valence-electron chi connectivity index (χ1n) is 7.51. The standard InChI is InChI=1S/C18H17FN2O2/c1-11-9-16(11)18(23)21-15-4-2-3-12(10-15)17(22)20-14-7-5-13(19)6-8-14/h2-8,10-11,16H,9H2,1H3,(H,20,22)(H,21,23)/t11-,16+/m1/s1. The number of hydrogen-bond acceptors (Lipinski definition) is 2. The van der Waals surface area contributed by atoms with Gasteiger partial charge in [-0.1, -0.05) is 13.0 Å². The summed E-state index contributed by atoms with van der Waals surface area (Å²) < 4.78 is 12.9. The number of amides is 2. The van der Waals surface area contributed by atoms with Gasteiger partial charge in [0, 0.05) is 22.9 Å². The maximum Gasteiger partial charge on any atom is 0.255 e. The van der Waals surface area contributed by atoms with E-state index < -0.39 is 0 Å². The third-order valence-electron chi connectivity index (χ3n) is 3.94. The van der Waals surface area contributed by atoms with Crippen LogP contribution in [0.5, 0.6) is 0 Å². The van der Waals surface area contributed by atoms with E-state index in [9.17, 15) is 14.0 Å². The first-order valence-corrected chi connectivity index (χ1v) is 7.51. The molecule has 0 spiro atoms. The summed E-state index contributed by atoms with van der Waals surface area (Å²) in [6, 6.07) is 12.3. The van der Waals surface area contributed by atoms with Crippen LogP contribution in [0, 0.1) is 17.7 Å². The molecule has 1 saturated carbocycles. The number of halogens is 1. The van der Waals surface area contributed by atoms with Gasteiger partial charge in [-0.2, -0.15) is 0 Å². The second-order valence-electron chi connectivity index (χ2n) is 5.85. The van der Waals surface area contributed by atoms with E-state index in [0.717, 1.165) is 6.42 Å². The maximum atomic E-state index is 12.9. The van der Waals surface area contributed by atoms with Crippen LogP contribution in [0.15, 0.2) is 48.5 Å². The molecule has 0 aromatic heterocycles. The number of hydrogen-bond donors (Lipinski definition) is 2. The van der Waals surface area contributed by atoms with Crippen molar-refractivity contribution in [2.75, 3.05) is 10.6 Å². The van der Waals surface area contributed by atoms with Crippen molar-refractivity contribution in [2.45, 2.75) is 13.3 Å². The second-order valence-corrected chi connectivity index (χ2v) is 5.85. The summed E-state index contributed by atoms with van der Waals surface area (Å²) >= 11 is 0. The quantitative estimate of drug-likeness (QED) is 0.905. The van der Waals surface area contributed by atoms with E-state index in [1.807, 2.05) is 6.92 Å². The first-order chi connectivity index (χ1) is 11.0. The van der Waals surface area contributed by atoms with Crippen molar-refractivity contribution < 1.29 is 14.0 Å². The molecule has 2 aromatic rings. The minimum Gasteiger partial charge on any atom is -0.326 e. The lowest BCUT2D eigenvalue weighted by Gasteiger charge is -2.08. The van der Waals surface area contributed by atoms with Crippen molar-refractivity contribution in [3.05, 3.63) is 59.9 Å². The van der Waals surface area contributed by atoms with Gasteiger partial charge in [-0.05, 0) is 54.8 Å². The van der Waals surface area contributed by atoms with Crippen LogP contribution in [0.4, 0.5) is 15.8 Å². The Morgan fingerprint density at radius 1 is 1.04 bits per heavy atom. The van der Waals surface area contributed by atoms with Crippen LogP contribution in [0.2, 0.25) is 0 Å². The molecule has 0 aliphatic heterocycles. The molecular weight excluding hydrogens is 295 g/mol. The van der Waals surface area contributed by atoms with Crippen molar-refractivity contribution >= 4 is 23.2 Å². The molecule has 0 bridgehead atoms. The molecule has 5 heteroatoms. The van der Waals surface area contributed by atoms with Gasteiger partial charge in [-0.25, -0.2) is 4.39 Å². The van der Waals surface area contributed by atoms with Crippen LogP contribution in [0.3, 0.4) is 0 Å². The highest BCUT2D eigenvalue weighted by Gasteiger charge is 2.39. The molecule has 2 amide bonds. The molecule has 1 aliphatic rings. The largest absolute Gasteiger partial charge is 0.326 e. The second kappa shape index (κ2) is 6.20. The molecule has 0 saturated heterocycles. The van der Waals surface area contributed by atoms with Crippen LogP contribution < -0.4 is 10.6 Å². The molecule has 2 aromatic carbocycles. The lowest BCUT2D eigenvalue weighted by atomic mass is 10.1. The molecule has 3 rings (SSSR count). The molecule has 2 N–H and O–H groups in total. The van der Waals surface area contributed by atoms with Gasteiger partial charge in [-0.15, -0.1) is 0 Å². The Labute approximate surface area is 133 Å². The first kappa shape index (κ1) is 15.2. The number of anilines is 2. The van der Waals surface area contributed by atoms with E-state index in [-0.39, 0.29) is 23.5 Å². The van der Waals surface area contributed by atoms with Crippen LogP contribution >= 0.6 is 0 Å². The summed E-state index contributed by atoms with van der Waals surface area (Å²) in [6.07, 6.45) is 0.913. The van der Waals surface area contributed by atoms with Crippen molar-refractivity contribution in [3.8, 4) is 0 Å². The van der Waals surface area contributed by atoms with Crippen LogP contribution in [0.1, 0.15) is 23.7 Å². The molecule has 2 atom stereocenters. The Balaban J connectivity index is 1.67. The lowest BCUT2D eigenvalue weighted by molar-refractivity contribution is -0.117. The summed E-state index contributed by atoms with van der Waals surface area (Å²) in [5.41, 5.74) is 1.54. The molecule has 118 valence electrons. The van der Waals surface area contributed by atoms with Crippen molar-refractivity contribution in [1.29, 1.82) is 0 Å². The fourth-order valence-electron chi connectivity index (χ4n) is 2.40.